The number of carbonyl (C=O) groups is 2. The van der Waals surface area contributed by atoms with Crippen LogP contribution in [-0.4, -0.2) is 17.0 Å². The van der Waals surface area contributed by atoms with E-state index >= 15 is 0 Å². The second-order valence-corrected chi connectivity index (χ2v) is 5.98. The van der Waals surface area contributed by atoms with Crippen molar-refractivity contribution in [3.8, 4) is 0 Å². The fraction of sp³-hybridized carbons (Fsp3) is 0.889. The molecule has 0 bridgehead atoms. The highest BCUT2D eigenvalue weighted by molar-refractivity contribution is 5.73. The predicted octanol–water partition coefficient (Wildman–Crippen LogP) is 5.04. The Bertz CT molecular complexity index is 251. The van der Waals surface area contributed by atoms with Crippen LogP contribution >= 0.6 is 0 Å². The van der Waals surface area contributed by atoms with Gasteiger partial charge in [-0.15, -0.1) is 0 Å². The van der Waals surface area contributed by atoms with Crippen molar-refractivity contribution in [2.24, 2.45) is 5.73 Å². The van der Waals surface area contributed by atoms with Gasteiger partial charge in [-0.1, -0.05) is 84.0 Å². The number of rotatable bonds is 14. The van der Waals surface area contributed by atoms with Gasteiger partial charge in [-0.05, 0) is 6.42 Å². The third kappa shape index (κ3) is 31.4. The number of carboxylic acids is 1. The first-order chi connectivity index (χ1) is 10.5. The second-order valence-electron chi connectivity index (χ2n) is 5.98. The van der Waals surface area contributed by atoms with E-state index < -0.39 is 5.97 Å². The number of carboxylic acid groups (broad SMARTS) is 1. The van der Waals surface area contributed by atoms with E-state index in [1.807, 2.05) is 0 Å². The Balaban J connectivity index is 0. The Hall–Kier alpha value is -1.06. The van der Waals surface area contributed by atoms with Gasteiger partial charge in [0.05, 0.1) is 0 Å². The van der Waals surface area contributed by atoms with Crippen molar-refractivity contribution in [2.45, 2.75) is 104 Å². The molecule has 0 saturated carbocycles. The normalized spacial score (nSPS) is 9.91. The minimum absolute atomic E-state index is 0.155. The van der Waals surface area contributed by atoms with Gasteiger partial charge < -0.3 is 10.8 Å². The number of amides is 1. The third-order valence-corrected chi connectivity index (χ3v) is 3.53. The van der Waals surface area contributed by atoms with Crippen LogP contribution in [0.2, 0.25) is 0 Å². The fourth-order valence-electron chi connectivity index (χ4n) is 2.32. The molecule has 0 unspecified atom stereocenters. The molecule has 0 radical (unpaired) electrons. The lowest BCUT2D eigenvalue weighted by molar-refractivity contribution is -0.134. The molecule has 0 aromatic rings. The summed E-state index contributed by atoms with van der Waals surface area (Å²) in [7, 11) is 0. The largest absolute Gasteiger partial charge is 0.481 e. The summed E-state index contributed by atoms with van der Waals surface area (Å²) in [6.07, 6.45) is 17.9. The Morgan fingerprint density at radius 1 is 0.727 bits per heavy atom. The number of carbonyl (C=O) groups excluding carboxylic acids is 1. The highest BCUT2D eigenvalue weighted by Gasteiger charge is 1.95. The Kier molecular flexibility index (Phi) is 21.0. The highest BCUT2D eigenvalue weighted by Crippen LogP contribution is 2.12. The number of aliphatic carboxylic acids is 1. The smallest absolute Gasteiger partial charge is 0.300 e. The van der Waals surface area contributed by atoms with Gasteiger partial charge in [0.25, 0.3) is 5.97 Å². The number of nitrogens with two attached hydrogens (primary N) is 1. The molecule has 0 heterocycles. The molecular weight excluding hydrogens is 278 g/mol. The van der Waals surface area contributed by atoms with E-state index in [2.05, 4.69) is 6.92 Å². The molecule has 0 aromatic heterocycles. The van der Waals surface area contributed by atoms with Crippen LogP contribution in [0, 0.1) is 0 Å². The Morgan fingerprint density at radius 3 is 1.27 bits per heavy atom. The van der Waals surface area contributed by atoms with Crippen LogP contribution in [0.1, 0.15) is 104 Å². The molecule has 22 heavy (non-hydrogen) atoms. The number of unbranched alkanes of at least 4 members (excludes halogenated alkanes) is 12. The van der Waals surface area contributed by atoms with Crippen molar-refractivity contribution < 1.29 is 14.7 Å². The van der Waals surface area contributed by atoms with E-state index in [0.29, 0.717) is 6.42 Å². The van der Waals surface area contributed by atoms with E-state index in [-0.39, 0.29) is 5.91 Å². The molecule has 3 N–H and O–H groups in total. The van der Waals surface area contributed by atoms with Crippen molar-refractivity contribution in [2.75, 3.05) is 0 Å². The van der Waals surface area contributed by atoms with Crippen molar-refractivity contribution in [1.29, 1.82) is 0 Å². The van der Waals surface area contributed by atoms with Gasteiger partial charge in [0.2, 0.25) is 5.91 Å². The summed E-state index contributed by atoms with van der Waals surface area (Å²) in [6, 6.07) is 0. The standard InChI is InChI=1S/C16H33NO.C2H4O2/c1-2-3-4-5-6-7-8-9-10-11-12-13-14-15-16(17)18;1-2(3)4/h2-15H2,1H3,(H2,17,18);1H3,(H,3,4). The molecular formula is C18H37NO3. The monoisotopic (exact) mass is 315 g/mol. The van der Waals surface area contributed by atoms with Gasteiger partial charge in [0.15, 0.2) is 0 Å². The zero-order chi connectivity index (χ0) is 17.1. The number of hydrogen-bond donors (Lipinski definition) is 2. The summed E-state index contributed by atoms with van der Waals surface area (Å²) in [5, 5.41) is 7.42. The molecule has 4 heteroatoms. The first-order valence-corrected chi connectivity index (χ1v) is 8.98. The van der Waals surface area contributed by atoms with Crippen LogP contribution < -0.4 is 5.73 Å². The van der Waals surface area contributed by atoms with Crippen LogP contribution in [0.5, 0.6) is 0 Å². The quantitative estimate of drug-likeness (QED) is 0.440. The molecule has 132 valence electrons. The predicted molar refractivity (Wildman–Crippen MR) is 92.8 cm³/mol. The SMILES string of the molecule is CC(=O)O.CCCCCCCCCCCCCCCC(N)=O. The topological polar surface area (TPSA) is 80.4 Å². The maximum atomic E-state index is 10.5. The van der Waals surface area contributed by atoms with Crippen LogP contribution in [0.3, 0.4) is 0 Å². The zero-order valence-corrected chi connectivity index (χ0v) is 14.7. The van der Waals surface area contributed by atoms with Gasteiger partial charge in [-0.2, -0.15) is 0 Å². The van der Waals surface area contributed by atoms with Crippen molar-refractivity contribution in [3.63, 3.8) is 0 Å². The minimum atomic E-state index is -0.833. The second kappa shape index (κ2) is 19.9. The van der Waals surface area contributed by atoms with Crippen molar-refractivity contribution in [3.05, 3.63) is 0 Å². The molecule has 1 amide bonds. The van der Waals surface area contributed by atoms with Crippen LogP contribution in [0.25, 0.3) is 0 Å². The van der Waals surface area contributed by atoms with Crippen molar-refractivity contribution in [1.82, 2.24) is 0 Å². The molecule has 0 rings (SSSR count). The summed E-state index contributed by atoms with van der Waals surface area (Å²) in [5.74, 6) is -0.988. The van der Waals surface area contributed by atoms with Crippen LogP contribution in [0.4, 0.5) is 0 Å². The molecule has 0 spiro atoms. The average molecular weight is 315 g/mol. The lowest BCUT2D eigenvalue weighted by Gasteiger charge is -2.02. The summed E-state index contributed by atoms with van der Waals surface area (Å²) < 4.78 is 0. The van der Waals surface area contributed by atoms with Gasteiger partial charge in [-0.3, -0.25) is 9.59 Å². The number of primary amides is 1. The molecule has 4 nitrogen and oxygen atoms in total. The lowest BCUT2D eigenvalue weighted by Crippen LogP contribution is -2.09. The summed E-state index contributed by atoms with van der Waals surface area (Å²) in [4.78, 5) is 19.5. The van der Waals surface area contributed by atoms with E-state index in [1.54, 1.807) is 0 Å². The van der Waals surface area contributed by atoms with Gasteiger partial charge in [-0.25, -0.2) is 0 Å². The van der Waals surface area contributed by atoms with Crippen LogP contribution in [-0.2, 0) is 9.59 Å². The number of hydrogen-bond acceptors (Lipinski definition) is 2. The van der Waals surface area contributed by atoms with Crippen LogP contribution in [0.15, 0.2) is 0 Å². The third-order valence-electron chi connectivity index (χ3n) is 3.53. The Morgan fingerprint density at radius 2 is 1.00 bits per heavy atom. The van der Waals surface area contributed by atoms with E-state index in [1.165, 1.54) is 77.0 Å². The van der Waals surface area contributed by atoms with E-state index in [9.17, 15) is 4.79 Å². The molecule has 0 aliphatic heterocycles. The maximum Gasteiger partial charge on any atom is 0.300 e. The van der Waals surface area contributed by atoms with E-state index in [4.69, 9.17) is 15.6 Å². The summed E-state index contributed by atoms with van der Waals surface area (Å²) >= 11 is 0. The molecule has 0 atom stereocenters. The van der Waals surface area contributed by atoms with Gasteiger partial charge in [0.1, 0.15) is 0 Å². The minimum Gasteiger partial charge on any atom is -0.481 e. The molecule has 0 saturated heterocycles. The highest BCUT2D eigenvalue weighted by atomic mass is 16.4. The molecule has 0 aliphatic rings. The average Bonchev–Trinajstić information content (AvgIpc) is 2.43. The molecule has 0 fully saturated rings. The van der Waals surface area contributed by atoms with Gasteiger partial charge >= 0.3 is 0 Å². The molecule has 0 aliphatic carbocycles. The zero-order valence-electron chi connectivity index (χ0n) is 14.7. The summed E-state index contributed by atoms with van der Waals surface area (Å²) in [5.41, 5.74) is 5.09. The van der Waals surface area contributed by atoms with E-state index in [0.717, 1.165) is 13.3 Å². The van der Waals surface area contributed by atoms with Gasteiger partial charge in [0, 0.05) is 13.3 Å². The Labute approximate surface area is 136 Å². The summed E-state index contributed by atoms with van der Waals surface area (Å²) in [6.45, 7) is 3.35. The maximum absolute atomic E-state index is 10.5. The van der Waals surface area contributed by atoms with Crippen molar-refractivity contribution >= 4 is 11.9 Å². The molecule has 0 aromatic carbocycles. The first-order valence-electron chi connectivity index (χ1n) is 8.98. The first kappa shape index (κ1) is 23.2. The fourth-order valence-corrected chi connectivity index (χ4v) is 2.32. The lowest BCUT2D eigenvalue weighted by atomic mass is 10.0.